The Hall–Kier alpha value is -2.69. The molecule has 1 heterocycles. The molecule has 0 aliphatic rings. The van der Waals surface area contributed by atoms with E-state index in [1.54, 1.807) is 14.2 Å². The molecular weight excluding hydrogens is 266 g/mol. The fourth-order valence-electron chi connectivity index (χ4n) is 2.30. The van der Waals surface area contributed by atoms with E-state index >= 15 is 0 Å². The van der Waals surface area contributed by atoms with E-state index in [0.717, 1.165) is 34.5 Å². The number of hydrogen-bond donors (Lipinski definition) is 2. The smallest absolute Gasteiger partial charge is 0.163 e. The van der Waals surface area contributed by atoms with E-state index in [9.17, 15) is 0 Å². The second-order valence-corrected chi connectivity index (χ2v) is 4.83. The molecule has 5 nitrogen and oxygen atoms in total. The first kappa shape index (κ1) is 13.3. The van der Waals surface area contributed by atoms with Gasteiger partial charge in [0.15, 0.2) is 11.5 Å². The second kappa shape index (κ2) is 5.36. The van der Waals surface area contributed by atoms with Gasteiger partial charge in [-0.05, 0) is 17.7 Å². The fourth-order valence-corrected chi connectivity index (χ4v) is 2.30. The summed E-state index contributed by atoms with van der Waals surface area (Å²) in [6.45, 7) is 0. The molecule has 0 atom stereocenters. The zero-order valence-electron chi connectivity index (χ0n) is 12.0. The van der Waals surface area contributed by atoms with Gasteiger partial charge in [0.1, 0.15) is 5.82 Å². The van der Waals surface area contributed by atoms with Crippen molar-refractivity contribution in [2.45, 2.75) is 6.42 Å². The van der Waals surface area contributed by atoms with Crippen LogP contribution < -0.4 is 15.2 Å². The highest BCUT2D eigenvalue weighted by Crippen LogP contribution is 2.31. The average molecular weight is 283 g/mol. The van der Waals surface area contributed by atoms with Gasteiger partial charge in [0.05, 0.1) is 25.3 Å². The number of imidazole rings is 1. The van der Waals surface area contributed by atoms with Crippen LogP contribution in [-0.2, 0) is 6.42 Å². The van der Waals surface area contributed by atoms with Gasteiger partial charge in [-0.2, -0.15) is 0 Å². The number of nitrogens with two attached hydrogens (primary N) is 1. The van der Waals surface area contributed by atoms with Crippen molar-refractivity contribution in [1.82, 2.24) is 9.97 Å². The minimum Gasteiger partial charge on any atom is -0.493 e. The van der Waals surface area contributed by atoms with Crippen molar-refractivity contribution in [1.29, 1.82) is 0 Å². The van der Waals surface area contributed by atoms with Crippen LogP contribution in [0, 0.1) is 0 Å². The van der Waals surface area contributed by atoms with Crippen LogP contribution in [0.5, 0.6) is 11.5 Å². The zero-order chi connectivity index (χ0) is 14.8. The fraction of sp³-hybridized carbons (Fsp3) is 0.188. The third-order valence-corrected chi connectivity index (χ3v) is 3.39. The first-order valence-electron chi connectivity index (χ1n) is 6.64. The van der Waals surface area contributed by atoms with Crippen LogP contribution in [0.2, 0.25) is 0 Å². The summed E-state index contributed by atoms with van der Waals surface area (Å²) in [4.78, 5) is 7.90. The largest absolute Gasteiger partial charge is 0.493 e. The molecule has 5 heteroatoms. The molecule has 3 rings (SSSR count). The molecular formula is C16H17N3O2. The summed E-state index contributed by atoms with van der Waals surface area (Å²) >= 11 is 0. The van der Waals surface area contributed by atoms with Crippen molar-refractivity contribution < 1.29 is 9.47 Å². The topological polar surface area (TPSA) is 73.2 Å². The van der Waals surface area contributed by atoms with E-state index in [0.29, 0.717) is 11.5 Å². The number of benzene rings is 2. The number of aromatic amines is 1. The van der Waals surface area contributed by atoms with E-state index in [1.807, 2.05) is 36.4 Å². The van der Waals surface area contributed by atoms with E-state index in [-0.39, 0.29) is 0 Å². The first-order chi connectivity index (χ1) is 10.2. The average Bonchev–Trinajstić information content (AvgIpc) is 2.89. The third kappa shape index (κ3) is 2.63. The summed E-state index contributed by atoms with van der Waals surface area (Å²) < 4.78 is 10.6. The first-order valence-corrected chi connectivity index (χ1v) is 6.64. The van der Waals surface area contributed by atoms with E-state index in [4.69, 9.17) is 15.2 Å². The highest BCUT2D eigenvalue weighted by molar-refractivity contribution is 5.79. The Morgan fingerprint density at radius 2 is 1.71 bits per heavy atom. The Balaban J connectivity index is 1.95. The number of aromatic nitrogens is 2. The normalized spacial score (nSPS) is 10.8. The Bertz CT molecular complexity index is 722. The van der Waals surface area contributed by atoms with E-state index in [1.165, 1.54) is 0 Å². The van der Waals surface area contributed by atoms with E-state index in [2.05, 4.69) is 9.97 Å². The number of hydrogen-bond acceptors (Lipinski definition) is 4. The third-order valence-electron chi connectivity index (χ3n) is 3.39. The summed E-state index contributed by atoms with van der Waals surface area (Å²) in [5, 5.41) is 0. The summed E-state index contributed by atoms with van der Waals surface area (Å²) in [6, 6.07) is 11.6. The zero-order valence-corrected chi connectivity index (χ0v) is 12.0. The van der Waals surface area contributed by atoms with Gasteiger partial charge < -0.3 is 20.2 Å². The summed E-state index contributed by atoms with van der Waals surface area (Å²) in [6.07, 6.45) is 0.722. The van der Waals surface area contributed by atoms with Gasteiger partial charge in [0, 0.05) is 24.2 Å². The minimum atomic E-state index is 0.676. The predicted octanol–water partition coefficient (Wildman–Crippen LogP) is 2.75. The summed E-state index contributed by atoms with van der Waals surface area (Å²) in [5.41, 5.74) is 9.40. The molecule has 0 unspecified atom stereocenters. The number of ether oxygens (including phenoxy) is 2. The molecule has 0 spiro atoms. The Labute approximate surface area is 122 Å². The van der Waals surface area contributed by atoms with Gasteiger partial charge in [-0.15, -0.1) is 0 Å². The molecule has 0 bridgehead atoms. The lowest BCUT2D eigenvalue weighted by molar-refractivity contribution is 0.356. The molecule has 0 saturated carbocycles. The van der Waals surface area contributed by atoms with Gasteiger partial charge in [-0.25, -0.2) is 4.98 Å². The van der Waals surface area contributed by atoms with Crippen molar-refractivity contribution in [3.63, 3.8) is 0 Å². The van der Waals surface area contributed by atoms with Crippen molar-refractivity contribution in [2.75, 3.05) is 20.0 Å². The minimum absolute atomic E-state index is 0.676. The molecule has 0 amide bonds. The monoisotopic (exact) mass is 283 g/mol. The number of H-pyrrole nitrogens is 1. The van der Waals surface area contributed by atoms with Crippen LogP contribution in [0.1, 0.15) is 11.4 Å². The van der Waals surface area contributed by atoms with Crippen molar-refractivity contribution in [3.05, 3.63) is 47.8 Å². The van der Waals surface area contributed by atoms with Crippen LogP contribution in [0.15, 0.2) is 36.4 Å². The van der Waals surface area contributed by atoms with Gasteiger partial charge in [-0.1, -0.05) is 12.1 Å². The standard InChI is InChI=1S/C16H17N3O2/c1-20-14-8-12-13(9-15(14)21-2)19-16(18-12)7-10-3-5-11(17)6-4-10/h3-6,8-9H,7,17H2,1-2H3,(H,18,19). The molecule has 3 aromatic rings. The lowest BCUT2D eigenvalue weighted by Gasteiger charge is -2.06. The van der Waals surface area contributed by atoms with Gasteiger partial charge in [-0.3, -0.25) is 0 Å². The molecule has 0 radical (unpaired) electrons. The molecule has 2 aromatic carbocycles. The van der Waals surface area contributed by atoms with Crippen molar-refractivity contribution in [2.24, 2.45) is 0 Å². The number of rotatable bonds is 4. The summed E-state index contributed by atoms with van der Waals surface area (Å²) in [7, 11) is 3.24. The lowest BCUT2D eigenvalue weighted by Crippen LogP contribution is -1.91. The summed E-state index contributed by atoms with van der Waals surface area (Å²) in [5.74, 6) is 2.26. The van der Waals surface area contributed by atoms with E-state index < -0.39 is 0 Å². The molecule has 21 heavy (non-hydrogen) atoms. The van der Waals surface area contributed by atoms with Gasteiger partial charge in [0.25, 0.3) is 0 Å². The van der Waals surface area contributed by atoms with Crippen LogP contribution in [0.3, 0.4) is 0 Å². The molecule has 0 aliphatic carbocycles. The van der Waals surface area contributed by atoms with Crippen LogP contribution >= 0.6 is 0 Å². The van der Waals surface area contributed by atoms with Crippen molar-refractivity contribution >= 4 is 16.7 Å². The lowest BCUT2D eigenvalue weighted by atomic mass is 10.1. The van der Waals surface area contributed by atoms with Crippen LogP contribution in [-0.4, -0.2) is 24.2 Å². The highest BCUT2D eigenvalue weighted by atomic mass is 16.5. The number of nitrogen functional groups attached to an aromatic ring is 1. The molecule has 1 aromatic heterocycles. The SMILES string of the molecule is COc1cc2nc(Cc3ccc(N)cc3)[nH]c2cc1OC. The van der Waals surface area contributed by atoms with Gasteiger partial charge in [0.2, 0.25) is 0 Å². The quantitative estimate of drug-likeness (QED) is 0.722. The number of anilines is 1. The number of nitrogens with zero attached hydrogens (tertiary/aromatic N) is 1. The Morgan fingerprint density at radius 1 is 1.05 bits per heavy atom. The Kier molecular flexibility index (Phi) is 3.39. The maximum absolute atomic E-state index is 5.69. The molecule has 0 aliphatic heterocycles. The van der Waals surface area contributed by atoms with Crippen molar-refractivity contribution in [3.8, 4) is 11.5 Å². The number of nitrogens with one attached hydrogen (secondary N) is 1. The van der Waals surface area contributed by atoms with Crippen LogP contribution in [0.4, 0.5) is 5.69 Å². The maximum Gasteiger partial charge on any atom is 0.163 e. The molecule has 0 saturated heterocycles. The predicted molar refractivity (Wildman–Crippen MR) is 82.9 cm³/mol. The maximum atomic E-state index is 5.69. The van der Waals surface area contributed by atoms with Gasteiger partial charge >= 0.3 is 0 Å². The highest BCUT2D eigenvalue weighted by Gasteiger charge is 2.10. The molecule has 0 fully saturated rings. The number of fused-ring (bicyclic) bond motifs is 1. The number of methoxy groups -OCH3 is 2. The second-order valence-electron chi connectivity index (χ2n) is 4.83. The Morgan fingerprint density at radius 3 is 2.38 bits per heavy atom. The molecule has 3 N–H and O–H groups in total. The van der Waals surface area contributed by atoms with Crippen LogP contribution in [0.25, 0.3) is 11.0 Å². The molecule has 108 valence electrons.